The van der Waals surface area contributed by atoms with E-state index in [0.717, 1.165) is 54.4 Å². The van der Waals surface area contributed by atoms with Crippen molar-refractivity contribution in [3.8, 4) is 0 Å². The fourth-order valence-electron chi connectivity index (χ4n) is 3.00. The second-order valence-corrected chi connectivity index (χ2v) is 6.97. The Bertz CT molecular complexity index is 748. The van der Waals surface area contributed by atoms with Crippen molar-refractivity contribution < 1.29 is 4.79 Å². The van der Waals surface area contributed by atoms with Crippen molar-refractivity contribution in [2.75, 3.05) is 5.32 Å². The highest BCUT2D eigenvalue weighted by Crippen LogP contribution is 2.31. The molecular weight excluding hydrogens is 314 g/mol. The molecule has 0 aromatic carbocycles. The first-order valence-corrected chi connectivity index (χ1v) is 9.21. The number of unbranched alkanes of at least 4 members (excludes halogenated alkanes) is 1. The van der Waals surface area contributed by atoms with Gasteiger partial charge in [0.15, 0.2) is 0 Å². The second-order valence-electron chi connectivity index (χ2n) is 6.97. The van der Waals surface area contributed by atoms with Crippen molar-refractivity contribution in [2.24, 2.45) is 5.92 Å². The van der Waals surface area contributed by atoms with Crippen LogP contribution in [0.5, 0.6) is 0 Å². The largest absolute Gasteiger partial charge is 0.294 e. The molecule has 1 aliphatic carbocycles. The molecule has 0 atom stereocenters. The predicted molar refractivity (Wildman–Crippen MR) is 97.4 cm³/mol. The fourth-order valence-corrected chi connectivity index (χ4v) is 3.00. The van der Waals surface area contributed by atoms with Gasteiger partial charge in [0.1, 0.15) is 0 Å². The van der Waals surface area contributed by atoms with Crippen molar-refractivity contribution in [1.82, 2.24) is 19.7 Å². The van der Waals surface area contributed by atoms with E-state index in [1.165, 1.54) is 12.8 Å². The Labute approximate surface area is 149 Å². The summed E-state index contributed by atoms with van der Waals surface area (Å²) in [6, 6.07) is 1.90. The number of hydrogen-bond donors (Lipinski definition) is 1. The van der Waals surface area contributed by atoms with Gasteiger partial charge >= 0.3 is 0 Å². The van der Waals surface area contributed by atoms with E-state index < -0.39 is 0 Å². The van der Waals surface area contributed by atoms with Crippen LogP contribution in [0.1, 0.15) is 55.3 Å². The maximum absolute atomic E-state index is 12.4. The third-order valence-corrected chi connectivity index (χ3v) is 4.75. The molecule has 2 aromatic heterocycles. The van der Waals surface area contributed by atoms with Gasteiger partial charge in [-0.3, -0.25) is 14.8 Å². The molecule has 0 bridgehead atoms. The molecule has 3 rings (SSSR count). The molecule has 134 valence electrons. The Morgan fingerprint density at radius 2 is 2.16 bits per heavy atom. The van der Waals surface area contributed by atoms with Gasteiger partial charge in [-0.2, -0.15) is 5.10 Å². The first-order chi connectivity index (χ1) is 12.1. The summed E-state index contributed by atoms with van der Waals surface area (Å²) in [7, 11) is 0. The van der Waals surface area contributed by atoms with E-state index in [1.807, 2.05) is 19.9 Å². The summed E-state index contributed by atoms with van der Waals surface area (Å²) in [4.78, 5) is 21.0. The van der Waals surface area contributed by atoms with Crippen LogP contribution in [0.2, 0.25) is 0 Å². The lowest BCUT2D eigenvalue weighted by atomic mass is 10.1. The summed E-state index contributed by atoms with van der Waals surface area (Å²) in [5.41, 5.74) is 4.01. The number of nitrogens with one attached hydrogen (secondary N) is 1. The van der Waals surface area contributed by atoms with Gasteiger partial charge < -0.3 is 0 Å². The minimum absolute atomic E-state index is 0.0928. The normalized spacial score (nSPS) is 13.9. The molecule has 1 N–H and O–H groups in total. The molecule has 0 saturated heterocycles. The lowest BCUT2D eigenvalue weighted by Gasteiger charge is -2.07. The number of anilines is 1. The highest BCUT2D eigenvalue weighted by atomic mass is 16.1. The topological polar surface area (TPSA) is 72.7 Å². The minimum Gasteiger partial charge on any atom is -0.294 e. The van der Waals surface area contributed by atoms with E-state index in [1.54, 1.807) is 6.20 Å². The quantitative estimate of drug-likeness (QED) is 0.800. The average Bonchev–Trinajstić information content (AvgIpc) is 3.36. The zero-order chi connectivity index (χ0) is 17.8. The maximum atomic E-state index is 12.4. The lowest BCUT2D eigenvalue weighted by Crippen LogP contribution is -2.17. The van der Waals surface area contributed by atoms with Crippen LogP contribution < -0.4 is 5.32 Å². The van der Waals surface area contributed by atoms with E-state index in [0.29, 0.717) is 12.4 Å². The molecule has 0 aliphatic heterocycles. The fraction of sp³-hybridized carbons (Fsp3) is 0.579. The van der Waals surface area contributed by atoms with Crippen LogP contribution in [0.15, 0.2) is 12.3 Å². The van der Waals surface area contributed by atoms with Gasteiger partial charge in [0.25, 0.3) is 0 Å². The van der Waals surface area contributed by atoms with Gasteiger partial charge in [-0.15, -0.1) is 0 Å². The smallest absolute Gasteiger partial charge is 0.231 e. The lowest BCUT2D eigenvalue weighted by molar-refractivity contribution is -0.115. The summed E-state index contributed by atoms with van der Waals surface area (Å²) in [6.45, 7) is 7.14. The summed E-state index contributed by atoms with van der Waals surface area (Å²) in [6.07, 6.45) is 7.72. The van der Waals surface area contributed by atoms with Crippen LogP contribution in [-0.4, -0.2) is 25.7 Å². The summed E-state index contributed by atoms with van der Waals surface area (Å²) in [5.74, 6) is 1.06. The van der Waals surface area contributed by atoms with Crippen molar-refractivity contribution in [1.29, 1.82) is 0 Å². The zero-order valence-electron chi connectivity index (χ0n) is 15.4. The van der Waals surface area contributed by atoms with Crippen molar-refractivity contribution in [2.45, 2.75) is 65.8 Å². The van der Waals surface area contributed by atoms with E-state index in [9.17, 15) is 4.79 Å². The van der Waals surface area contributed by atoms with Crippen molar-refractivity contribution in [3.05, 3.63) is 34.9 Å². The van der Waals surface area contributed by atoms with E-state index in [-0.39, 0.29) is 5.91 Å². The number of carbonyl (C=O) groups excluding carboxylic acids is 1. The molecule has 1 amide bonds. The number of hydrogen-bond acceptors (Lipinski definition) is 4. The number of carbonyl (C=O) groups is 1. The molecule has 0 radical (unpaired) electrons. The first kappa shape index (κ1) is 17.6. The van der Waals surface area contributed by atoms with Gasteiger partial charge in [0.2, 0.25) is 11.9 Å². The van der Waals surface area contributed by atoms with Gasteiger partial charge in [-0.1, -0.05) is 13.3 Å². The van der Waals surface area contributed by atoms with Crippen LogP contribution in [0, 0.1) is 19.8 Å². The molecule has 6 heteroatoms. The number of aryl methyl sites for hydroxylation is 2. The molecule has 2 aromatic rings. The number of aromatic nitrogens is 4. The molecule has 6 nitrogen and oxygen atoms in total. The average molecular weight is 341 g/mol. The third kappa shape index (κ3) is 4.65. The Hall–Kier alpha value is -2.24. The Kier molecular flexibility index (Phi) is 5.46. The van der Waals surface area contributed by atoms with E-state index >= 15 is 0 Å². The van der Waals surface area contributed by atoms with Crippen LogP contribution in [0.3, 0.4) is 0 Å². The van der Waals surface area contributed by atoms with Crippen molar-refractivity contribution in [3.63, 3.8) is 0 Å². The van der Waals surface area contributed by atoms with Crippen LogP contribution in [-0.2, 0) is 24.2 Å². The first-order valence-electron chi connectivity index (χ1n) is 9.21. The van der Waals surface area contributed by atoms with Gasteiger partial charge in [0.05, 0.1) is 12.1 Å². The predicted octanol–water partition coefficient (Wildman–Crippen LogP) is 3.22. The molecule has 0 unspecified atom stereocenters. The van der Waals surface area contributed by atoms with Gasteiger partial charge in [-0.05, 0) is 51.5 Å². The molecule has 0 spiro atoms. The molecule has 1 fully saturated rings. The molecule has 1 aliphatic rings. The minimum atomic E-state index is -0.0928. The maximum Gasteiger partial charge on any atom is 0.231 e. The molecule has 1 saturated carbocycles. The highest BCUT2D eigenvalue weighted by Gasteiger charge is 2.24. The Morgan fingerprint density at radius 1 is 1.36 bits per heavy atom. The van der Waals surface area contributed by atoms with E-state index in [2.05, 4.69) is 32.0 Å². The van der Waals surface area contributed by atoms with Crippen LogP contribution in [0.25, 0.3) is 0 Å². The molecule has 2 heterocycles. The zero-order valence-corrected chi connectivity index (χ0v) is 15.4. The second kappa shape index (κ2) is 7.76. The van der Waals surface area contributed by atoms with Crippen LogP contribution >= 0.6 is 0 Å². The van der Waals surface area contributed by atoms with E-state index in [4.69, 9.17) is 0 Å². The Morgan fingerprint density at radius 3 is 2.88 bits per heavy atom. The summed E-state index contributed by atoms with van der Waals surface area (Å²) >= 11 is 0. The number of rotatable bonds is 8. The monoisotopic (exact) mass is 341 g/mol. The summed E-state index contributed by atoms with van der Waals surface area (Å²) < 4.78 is 2.05. The summed E-state index contributed by atoms with van der Waals surface area (Å²) in [5, 5.41) is 7.43. The van der Waals surface area contributed by atoms with Crippen molar-refractivity contribution >= 4 is 11.9 Å². The third-order valence-electron chi connectivity index (χ3n) is 4.75. The van der Waals surface area contributed by atoms with Gasteiger partial charge in [0, 0.05) is 29.7 Å². The highest BCUT2D eigenvalue weighted by molar-refractivity contribution is 5.90. The Balaban J connectivity index is 1.63. The van der Waals surface area contributed by atoms with Gasteiger partial charge in [-0.25, -0.2) is 9.97 Å². The number of nitrogens with zero attached hydrogens (tertiary/aromatic N) is 4. The SMILES string of the molecule is CCCCc1ccnc(NC(=O)Cc2c(C)nn(CC3CC3)c2C)n1. The molecule has 25 heavy (non-hydrogen) atoms. The number of amides is 1. The van der Waals surface area contributed by atoms with Crippen LogP contribution in [0.4, 0.5) is 5.95 Å². The standard InChI is InChI=1S/C19H27N5O/c1-4-5-6-16-9-10-20-19(21-16)22-18(25)11-17-13(2)23-24(14(17)3)12-15-7-8-15/h9-10,15H,4-8,11-12H2,1-3H3,(H,20,21,22,25). The molecular formula is C19H27N5O.